The average Bonchev–Trinajstić information content (AvgIpc) is 3.04. The van der Waals surface area contributed by atoms with Crippen molar-refractivity contribution in [1.29, 1.82) is 0 Å². The van der Waals surface area contributed by atoms with Crippen LogP contribution in [0, 0.1) is 11.8 Å². The number of urea groups is 1. The van der Waals surface area contributed by atoms with Gasteiger partial charge in [0.2, 0.25) is 0 Å². The monoisotopic (exact) mass is 316 g/mol. The van der Waals surface area contributed by atoms with E-state index in [1.807, 2.05) is 11.0 Å². The summed E-state index contributed by atoms with van der Waals surface area (Å²) >= 11 is 0. The molecule has 3 fully saturated rings. The fraction of sp³-hybridized carbons (Fsp3) is 0.611. The van der Waals surface area contributed by atoms with Crippen LogP contribution in [0.1, 0.15) is 12.0 Å². The summed E-state index contributed by atoms with van der Waals surface area (Å²) in [6, 6.07) is 10.8. The largest absolute Gasteiger partial charge is 0.378 e. The van der Waals surface area contributed by atoms with E-state index in [2.05, 4.69) is 29.6 Å². The molecule has 2 amide bonds. The van der Waals surface area contributed by atoms with Gasteiger partial charge in [0.15, 0.2) is 0 Å². The van der Waals surface area contributed by atoms with Gasteiger partial charge in [-0.1, -0.05) is 30.3 Å². The summed E-state index contributed by atoms with van der Waals surface area (Å²) in [5, 5.41) is 3.28. The van der Waals surface area contributed by atoms with Crippen LogP contribution in [-0.4, -0.2) is 56.0 Å². The van der Waals surface area contributed by atoms with Crippen LogP contribution >= 0.6 is 0 Å². The fourth-order valence-corrected chi connectivity index (χ4v) is 4.17. The SMILES string of the molecule is O=C(N[C@@H]1[C@@H](Cc2ccccc2)[C@H]2OCC[C@@H]12)N1CCOCC1. The molecule has 23 heavy (non-hydrogen) atoms. The predicted molar refractivity (Wildman–Crippen MR) is 86.2 cm³/mol. The Kier molecular flexibility index (Phi) is 4.23. The van der Waals surface area contributed by atoms with Gasteiger partial charge in [-0.15, -0.1) is 0 Å². The van der Waals surface area contributed by atoms with Crippen LogP contribution in [-0.2, 0) is 15.9 Å². The number of fused-ring (bicyclic) bond motifs is 1. The molecule has 0 bridgehead atoms. The molecular formula is C18H24N2O3. The molecule has 4 rings (SSSR count). The number of carbonyl (C=O) groups is 1. The smallest absolute Gasteiger partial charge is 0.317 e. The van der Waals surface area contributed by atoms with Crippen LogP contribution in [0.25, 0.3) is 0 Å². The molecule has 0 aromatic heterocycles. The summed E-state index contributed by atoms with van der Waals surface area (Å²) in [4.78, 5) is 14.4. The lowest BCUT2D eigenvalue weighted by Crippen LogP contribution is -2.64. The van der Waals surface area contributed by atoms with Crippen LogP contribution in [0.15, 0.2) is 30.3 Å². The van der Waals surface area contributed by atoms with Crippen molar-refractivity contribution in [3.63, 3.8) is 0 Å². The molecule has 1 aromatic carbocycles. The molecule has 1 aromatic rings. The first-order chi connectivity index (χ1) is 11.3. The first-order valence-electron chi connectivity index (χ1n) is 8.61. The van der Waals surface area contributed by atoms with Crippen molar-refractivity contribution in [2.45, 2.75) is 25.0 Å². The molecule has 1 aliphatic carbocycles. The summed E-state index contributed by atoms with van der Waals surface area (Å²) < 4.78 is 11.2. The minimum absolute atomic E-state index is 0.0571. The number of ether oxygens (including phenoxy) is 2. The third kappa shape index (κ3) is 2.95. The Morgan fingerprint density at radius 2 is 1.96 bits per heavy atom. The third-order valence-electron chi connectivity index (χ3n) is 5.43. The Labute approximate surface area is 136 Å². The number of carbonyl (C=O) groups excluding carboxylic acids is 1. The van der Waals surface area contributed by atoms with Crippen LogP contribution < -0.4 is 5.32 Å². The van der Waals surface area contributed by atoms with E-state index in [0.29, 0.717) is 44.2 Å². The summed E-state index contributed by atoms with van der Waals surface area (Å²) in [6.07, 6.45) is 2.34. The van der Waals surface area contributed by atoms with Crippen molar-refractivity contribution in [3.05, 3.63) is 35.9 Å². The van der Waals surface area contributed by atoms with Gasteiger partial charge in [-0.2, -0.15) is 0 Å². The molecule has 0 spiro atoms. The van der Waals surface area contributed by atoms with Gasteiger partial charge in [0, 0.05) is 37.6 Å². The number of hydrogen-bond acceptors (Lipinski definition) is 3. The lowest BCUT2D eigenvalue weighted by molar-refractivity contribution is -0.0536. The minimum Gasteiger partial charge on any atom is -0.378 e. The molecule has 1 N–H and O–H groups in total. The van der Waals surface area contributed by atoms with E-state index >= 15 is 0 Å². The maximum Gasteiger partial charge on any atom is 0.317 e. The standard InChI is InChI=1S/C18H24N2O3/c21-18(20-7-10-22-11-8-20)19-16-14-6-9-23-17(14)15(16)12-13-4-2-1-3-5-13/h1-5,14-17H,6-12H2,(H,19,21)/t14-,15+,16-,17-/m0/s1. The molecule has 5 nitrogen and oxygen atoms in total. The van der Waals surface area contributed by atoms with Gasteiger partial charge in [0.05, 0.1) is 19.3 Å². The maximum absolute atomic E-state index is 12.5. The second-order valence-electron chi connectivity index (χ2n) is 6.72. The highest BCUT2D eigenvalue weighted by atomic mass is 16.5. The number of rotatable bonds is 3. The second-order valence-corrected chi connectivity index (χ2v) is 6.72. The van der Waals surface area contributed by atoms with E-state index in [1.165, 1.54) is 5.56 Å². The Hall–Kier alpha value is -1.59. The number of benzene rings is 1. The average molecular weight is 316 g/mol. The van der Waals surface area contributed by atoms with Crippen LogP contribution in [0.5, 0.6) is 0 Å². The van der Waals surface area contributed by atoms with Crippen LogP contribution in [0.4, 0.5) is 4.79 Å². The number of amides is 2. The first-order valence-corrected chi connectivity index (χ1v) is 8.61. The lowest BCUT2D eigenvalue weighted by atomic mass is 9.64. The van der Waals surface area contributed by atoms with Gasteiger partial charge < -0.3 is 19.7 Å². The minimum atomic E-state index is 0.0571. The molecule has 124 valence electrons. The molecule has 5 heteroatoms. The Bertz CT molecular complexity index is 544. The highest BCUT2D eigenvalue weighted by Crippen LogP contribution is 2.45. The normalized spacial score (nSPS) is 33.0. The topological polar surface area (TPSA) is 50.8 Å². The number of nitrogens with one attached hydrogen (secondary N) is 1. The zero-order valence-corrected chi connectivity index (χ0v) is 13.3. The van der Waals surface area contributed by atoms with Gasteiger partial charge in [-0.3, -0.25) is 0 Å². The van der Waals surface area contributed by atoms with Gasteiger partial charge in [-0.25, -0.2) is 4.79 Å². The molecule has 4 atom stereocenters. The van der Waals surface area contributed by atoms with Crippen molar-refractivity contribution < 1.29 is 14.3 Å². The van der Waals surface area contributed by atoms with E-state index < -0.39 is 0 Å². The summed E-state index contributed by atoms with van der Waals surface area (Å²) in [6.45, 7) is 3.48. The molecule has 0 radical (unpaired) electrons. The summed E-state index contributed by atoms with van der Waals surface area (Å²) in [7, 11) is 0. The van der Waals surface area contributed by atoms with Gasteiger partial charge >= 0.3 is 6.03 Å². The van der Waals surface area contributed by atoms with Crippen molar-refractivity contribution in [1.82, 2.24) is 10.2 Å². The second kappa shape index (κ2) is 6.49. The van der Waals surface area contributed by atoms with Crippen molar-refractivity contribution in [2.75, 3.05) is 32.9 Å². The summed E-state index contributed by atoms with van der Waals surface area (Å²) in [5.74, 6) is 0.864. The summed E-state index contributed by atoms with van der Waals surface area (Å²) in [5.41, 5.74) is 1.32. The first kappa shape index (κ1) is 15.0. The van der Waals surface area contributed by atoms with Crippen LogP contribution in [0.2, 0.25) is 0 Å². The molecule has 2 heterocycles. The van der Waals surface area contributed by atoms with E-state index in [-0.39, 0.29) is 12.1 Å². The Morgan fingerprint density at radius 1 is 1.17 bits per heavy atom. The predicted octanol–water partition coefficient (Wildman–Crippen LogP) is 1.67. The van der Waals surface area contributed by atoms with Gasteiger partial charge in [0.1, 0.15) is 0 Å². The van der Waals surface area contributed by atoms with E-state index in [9.17, 15) is 4.79 Å². The highest BCUT2D eigenvalue weighted by molar-refractivity contribution is 5.75. The quantitative estimate of drug-likeness (QED) is 0.923. The van der Waals surface area contributed by atoms with Gasteiger partial charge in [0.25, 0.3) is 0 Å². The molecule has 0 unspecified atom stereocenters. The third-order valence-corrected chi connectivity index (χ3v) is 5.43. The molecule has 3 aliphatic rings. The Balaban J connectivity index is 1.41. The molecule has 1 saturated carbocycles. The zero-order valence-electron chi connectivity index (χ0n) is 13.3. The maximum atomic E-state index is 12.5. The van der Waals surface area contributed by atoms with Crippen LogP contribution in [0.3, 0.4) is 0 Å². The number of morpholine rings is 1. The fourth-order valence-electron chi connectivity index (χ4n) is 4.17. The van der Waals surface area contributed by atoms with E-state index in [0.717, 1.165) is 19.4 Å². The van der Waals surface area contributed by atoms with Crippen molar-refractivity contribution >= 4 is 6.03 Å². The van der Waals surface area contributed by atoms with Gasteiger partial charge in [-0.05, 0) is 18.4 Å². The number of nitrogens with zero attached hydrogens (tertiary/aromatic N) is 1. The van der Waals surface area contributed by atoms with Crippen molar-refractivity contribution in [3.8, 4) is 0 Å². The molecule has 2 aliphatic heterocycles. The zero-order chi connectivity index (χ0) is 15.6. The molecular weight excluding hydrogens is 292 g/mol. The van der Waals surface area contributed by atoms with Crippen molar-refractivity contribution in [2.24, 2.45) is 11.8 Å². The lowest BCUT2D eigenvalue weighted by Gasteiger charge is -2.48. The van der Waals surface area contributed by atoms with E-state index in [1.54, 1.807) is 0 Å². The highest BCUT2D eigenvalue weighted by Gasteiger charge is 2.54. The van der Waals surface area contributed by atoms with E-state index in [4.69, 9.17) is 9.47 Å². The Morgan fingerprint density at radius 3 is 2.74 bits per heavy atom. The number of hydrogen-bond donors (Lipinski definition) is 1. The molecule has 2 saturated heterocycles.